The van der Waals surface area contributed by atoms with Crippen LogP contribution < -0.4 is 4.74 Å². The summed E-state index contributed by atoms with van der Waals surface area (Å²) in [5.41, 5.74) is -1.70. The molecule has 0 amide bonds. The quantitative estimate of drug-likeness (QED) is 0.0748. The van der Waals surface area contributed by atoms with E-state index < -0.39 is 110 Å². The van der Waals surface area contributed by atoms with E-state index in [2.05, 4.69) is 18.6 Å². The molecule has 412 valence electrons. The zero-order chi connectivity index (χ0) is 55.1. The summed E-state index contributed by atoms with van der Waals surface area (Å²) >= 11 is 2.00. The van der Waals surface area contributed by atoms with E-state index in [4.69, 9.17) is 24.1 Å². The topological polar surface area (TPSA) is 66.4 Å². The number of aromatic hydroxyl groups is 1. The van der Waals surface area contributed by atoms with Gasteiger partial charge in [0.25, 0.3) is 0 Å². The molecular weight excluding hydrogens is 1100 g/mol. The maximum absolute atomic E-state index is 14.7. The van der Waals surface area contributed by atoms with Crippen LogP contribution in [0.4, 0.5) is 61.5 Å². The van der Waals surface area contributed by atoms with Crippen molar-refractivity contribution in [3.8, 4) is 33.8 Å². The maximum atomic E-state index is 14.7. The van der Waals surface area contributed by atoms with E-state index in [1.54, 1.807) is 36.4 Å². The van der Waals surface area contributed by atoms with Crippen LogP contribution in [0.3, 0.4) is 0 Å². The highest BCUT2D eigenvalue weighted by Gasteiger charge is 2.42. The van der Waals surface area contributed by atoms with Gasteiger partial charge in [-0.25, -0.2) is 43.9 Å². The molecule has 6 aromatic carbocycles. The van der Waals surface area contributed by atoms with E-state index in [1.165, 1.54) is 12.1 Å². The van der Waals surface area contributed by atoms with Crippen LogP contribution in [0.2, 0.25) is 0 Å². The normalized spacial score (nSPS) is 17.7. The highest BCUT2D eigenvalue weighted by molar-refractivity contribution is 9.09. The Bertz CT molecular complexity index is 2850. The molecule has 0 atom stereocenters. The van der Waals surface area contributed by atoms with Gasteiger partial charge in [-0.1, -0.05) is 82.6 Å². The van der Waals surface area contributed by atoms with Crippen molar-refractivity contribution in [1.82, 2.24) is 0 Å². The second-order valence-corrected chi connectivity index (χ2v) is 18.5. The van der Waals surface area contributed by atoms with Gasteiger partial charge in [0.1, 0.15) is 45.9 Å². The smallest absolute Gasteiger partial charge is 0.432 e. The second kappa shape index (κ2) is 26.1. The predicted octanol–water partition coefficient (Wildman–Crippen LogP) is 17.2. The van der Waals surface area contributed by atoms with Crippen LogP contribution in [-0.2, 0) is 29.9 Å². The summed E-state index contributed by atoms with van der Waals surface area (Å²) in [6.45, 7) is 8.55. The van der Waals surface area contributed by atoms with Gasteiger partial charge >= 0.3 is 10.9 Å². The van der Waals surface area contributed by atoms with E-state index in [0.717, 1.165) is 57.2 Å². The van der Waals surface area contributed by atoms with Gasteiger partial charge in [-0.15, -0.1) is 0 Å². The third-order valence-electron chi connectivity index (χ3n) is 12.0. The number of ether oxygens (including phenoxy) is 5. The molecule has 0 radical (unpaired) electrons. The van der Waals surface area contributed by atoms with Crippen LogP contribution in [0.5, 0.6) is 11.5 Å². The summed E-state index contributed by atoms with van der Waals surface area (Å²) in [5, 5.41) is 8.76. The molecule has 8 rings (SSSR count). The van der Waals surface area contributed by atoms with Crippen molar-refractivity contribution in [2.24, 2.45) is 11.8 Å². The number of halogens is 15. The highest BCUT2D eigenvalue weighted by atomic mass is 79.9. The molecule has 76 heavy (non-hydrogen) atoms. The minimum absolute atomic E-state index is 0. The SMILES string of the molecule is C.CCCC1COC(c2ccc(-c3cc(F)c(C(F)(F)Br)c(F)c3)cc2)OC1.CCCC1COC(c2ccc(-c3cc(F)c(C(F)(F)Oc4cc(F)c(F)c(F)c4C)c(F)c3)cc2)OC1.Cc1c(O)cc(F)c(F)c1F. The van der Waals surface area contributed by atoms with Crippen LogP contribution in [0.1, 0.15) is 92.9 Å². The molecule has 2 fully saturated rings. The zero-order valence-electron chi connectivity index (χ0n) is 40.2. The number of hydrogen-bond acceptors (Lipinski definition) is 6. The van der Waals surface area contributed by atoms with Crippen LogP contribution in [-0.4, -0.2) is 31.5 Å². The molecule has 6 aromatic rings. The first kappa shape index (κ1) is 61.1. The molecule has 0 bridgehead atoms. The van der Waals surface area contributed by atoms with Gasteiger partial charge in [0.15, 0.2) is 47.5 Å². The fraction of sp³-hybridized carbons (Fsp3) is 0.345. The zero-order valence-corrected chi connectivity index (χ0v) is 41.8. The highest BCUT2D eigenvalue weighted by Crippen LogP contribution is 2.42. The first-order valence-electron chi connectivity index (χ1n) is 23.1. The largest absolute Gasteiger partial charge is 0.507 e. The van der Waals surface area contributed by atoms with Crippen LogP contribution in [0.25, 0.3) is 22.3 Å². The number of rotatable bonds is 12. The standard InChI is InChI=1S/C27H23F7O3.C20H19BrF4O2.C7H5F3O.CH4/c1-3-4-15-12-35-26(36-13-15)17-7-5-16(6-8-17)18-9-19(28)23(20(29)10-18)27(33,34)37-22-11-21(30)25(32)24(31)14(22)2;1-2-3-12-10-26-19(27-11-12)14-6-4-13(5-7-14)15-8-16(22)18(17(23)9-15)20(21,24)25;1-3-5(11)2-4(8)7(10)6(3)9;/h5-11,15,26H,3-4,12-13H2,1-2H3;4-9,12,19H,2-3,10-11H2,1H3;2,11H,1H3;1H4. The molecule has 2 heterocycles. The van der Waals surface area contributed by atoms with E-state index in [9.17, 15) is 61.5 Å². The Kier molecular flexibility index (Phi) is 21.0. The van der Waals surface area contributed by atoms with Gasteiger partial charge in [0.05, 0.1) is 26.4 Å². The van der Waals surface area contributed by atoms with Crippen LogP contribution >= 0.6 is 15.9 Å². The number of alkyl halides is 5. The molecule has 0 aliphatic carbocycles. The number of hydrogen-bond donors (Lipinski definition) is 1. The van der Waals surface area contributed by atoms with Crippen molar-refractivity contribution < 1.29 is 90.3 Å². The van der Waals surface area contributed by atoms with Gasteiger partial charge in [0, 0.05) is 46.2 Å². The molecule has 6 nitrogen and oxygen atoms in total. The van der Waals surface area contributed by atoms with Crippen molar-refractivity contribution in [1.29, 1.82) is 0 Å². The lowest BCUT2D eigenvalue weighted by Crippen LogP contribution is -2.26. The summed E-state index contributed by atoms with van der Waals surface area (Å²) < 4.78 is 218. The number of phenolic OH excluding ortho intramolecular Hbond substituents is 1. The molecule has 0 spiro atoms. The maximum Gasteiger partial charge on any atom is 0.432 e. The fourth-order valence-corrected chi connectivity index (χ4v) is 8.33. The van der Waals surface area contributed by atoms with Crippen LogP contribution in [0.15, 0.2) is 84.9 Å². The van der Waals surface area contributed by atoms with Crippen molar-refractivity contribution in [2.75, 3.05) is 26.4 Å². The Morgan fingerprint density at radius 1 is 0.500 bits per heavy atom. The molecule has 0 saturated carbocycles. The minimum atomic E-state index is -4.66. The predicted molar refractivity (Wildman–Crippen MR) is 258 cm³/mol. The summed E-state index contributed by atoms with van der Waals surface area (Å²) in [4.78, 5) is -3.77. The summed E-state index contributed by atoms with van der Waals surface area (Å²) in [7, 11) is 0. The Morgan fingerprint density at radius 3 is 1.22 bits per heavy atom. The molecule has 1 N–H and O–H groups in total. The third kappa shape index (κ3) is 14.6. The molecule has 21 heteroatoms. The van der Waals surface area contributed by atoms with Crippen molar-refractivity contribution in [3.05, 3.63) is 176 Å². The lowest BCUT2D eigenvalue weighted by molar-refractivity contribution is -0.206. The summed E-state index contributed by atoms with van der Waals surface area (Å²) in [6, 6.07) is 17.0. The van der Waals surface area contributed by atoms with Gasteiger partial charge in [-0.2, -0.15) is 17.6 Å². The van der Waals surface area contributed by atoms with Crippen LogP contribution in [0, 0.1) is 83.9 Å². The third-order valence-corrected chi connectivity index (χ3v) is 12.4. The molecule has 2 saturated heterocycles. The first-order valence-corrected chi connectivity index (χ1v) is 23.9. The van der Waals surface area contributed by atoms with Gasteiger partial charge in [-0.3, -0.25) is 0 Å². The summed E-state index contributed by atoms with van der Waals surface area (Å²) in [5.74, 6) is -16.6. The number of benzene rings is 6. The Hall–Kier alpha value is -5.74. The molecule has 0 aromatic heterocycles. The molecule has 2 aliphatic heterocycles. The molecular formula is C55H51BrF14O6. The van der Waals surface area contributed by atoms with Crippen molar-refractivity contribution >= 4 is 15.9 Å². The lowest BCUT2D eigenvalue weighted by atomic mass is 10.0. The van der Waals surface area contributed by atoms with E-state index >= 15 is 0 Å². The second-order valence-electron chi connectivity index (χ2n) is 17.5. The van der Waals surface area contributed by atoms with Gasteiger partial charge in [0.2, 0.25) is 0 Å². The Morgan fingerprint density at radius 2 is 0.855 bits per heavy atom. The summed E-state index contributed by atoms with van der Waals surface area (Å²) in [6.07, 6.45) is -1.60. The molecule has 2 aliphatic rings. The lowest BCUT2D eigenvalue weighted by Gasteiger charge is -2.29. The number of phenols is 1. The van der Waals surface area contributed by atoms with Crippen molar-refractivity contribution in [2.45, 2.75) is 84.3 Å². The Labute approximate surface area is 437 Å². The minimum Gasteiger partial charge on any atom is -0.507 e. The van der Waals surface area contributed by atoms with Gasteiger partial charge < -0.3 is 28.8 Å². The Balaban J connectivity index is 0.000000238. The average Bonchev–Trinajstić information content (AvgIpc) is 3.37. The van der Waals surface area contributed by atoms with Crippen molar-refractivity contribution in [3.63, 3.8) is 0 Å². The van der Waals surface area contributed by atoms with Gasteiger partial charge in [-0.05, 0) is 89.1 Å². The van der Waals surface area contributed by atoms with E-state index in [0.29, 0.717) is 73.2 Å². The van der Waals surface area contributed by atoms with E-state index in [-0.39, 0.29) is 30.2 Å². The first-order chi connectivity index (χ1) is 35.3. The average molecular weight is 1150 g/mol. The fourth-order valence-electron chi connectivity index (χ4n) is 7.95. The molecule has 0 unspecified atom stereocenters. The van der Waals surface area contributed by atoms with E-state index in [1.807, 2.05) is 15.9 Å². The monoisotopic (exact) mass is 1150 g/mol.